The molecule has 0 aliphatic carbocycles. The zero-order valence-corrected chi connectivity index (χ0v) is 8.39. The Morgan fingerprint density at radius 3 is 2.42 bits per heavy atom. The highest BCUT2D eigenvalue weighted by molar-refractivity contribution is 6.30. The van der Waals surface area contributed by atoms with Crippen molar-refractivity contribution in [3.05, 3.63) is 23.9 Å². The maximum absolute atomic E-state index is 4.26. The molecule has 0 amide bonds. The van der Waals surface area contributed by atoms with Gasteiger partial charge in [0.25, 0.3) is 0 Å². The van der Waals surface area contributed by atoms with E-state index in [0.29, 0.717) is 5.41 Å². The van der Waals surface area contributed by atoms with Crippen LogP contribution in [0.25, 0.3) is 0 Å². The largest absolute Gasteiger partial charge is 0.272 e. The summed E-state index contributed by atoms with van der Waals surface area (Å²) in [5, 5.41) is 0. The summed E-state index contributed by atoms with van der Waals surface area (Å²) in [6, 6.07) is 4.23. The number of pyridine rings is 1. The summed E-state index contributed by atoms with van der Waals surface area (Å²) in [7, 11) is 2.01. The molecule has 0 atom stereocenters. The van der Waals surface area contributed by atoms with Gasteiger partial charge < -0.3 is 0 Å². The van der Waals surface area contributed by atoms with E-state index in [9.17, 15) is 0 Å². The fourth-order valence-electron chi connectivity index (χ4n) is 1.22. The van der Waals surface area contributed by atoms with Crippen LogP contribution < -0.4 is 5.59 Å². The topological polar surface area (TPSA) is 12.9 Å². The molecule has 1 aromatic heterocycles. The van der Waals surface area contributed by atoms with Crippen LogP contribution >= 0.6 is 0 Å². The van der Waals surface area contributed by atoms with Crippen LogP contribution in [-0.4, -0.2) is 12.8 Å². The molecule has 0 bridgehead atoms. The molecule has 1 rings (SSSR count). The maximum atomic E-state index is 4.26. The summed E-state index contributed by atoms with van der Waals surface area (Å²) in [6.45, 7) is 6.73. The predicted molar refractivity (Wildman–Crippen MR) is 55.6 cm³/mol. The Morgan fingerprint density at radius 2 is 2.00 bits per heavy atom. The number of aromatic nitrogens is 1. The molecule has 0 N–H and O–H groups in total. The molecule has 0 radical (unpaired) electrons. The van der Waals surface area contributed by atoms with E-state index in [1.165, 1.54) is 5.56 Å². The molecule has 0 fully saturated rings. The van der Waals surface area contributed by atoms with Gasteiger partial charge in [0.05, 0.1) is 0 Å². The highest BCUT2D eigenvalue weighted by Crippen LogP contribution is 2.19. The molecule has 0 saturated carbocycles. The summed E-state index contributed by atoms with van der Waals surface area (Å²) in [5.74, 6) is 0. The second-order valence-electron chi connectivity index (χ2n) is 4.55. The molecule has 1 nitrogen and oxygen atoms in total. The molecular weight excluding hydrogens is 145 g/mol. The Hall–Kier alpha value is -0.785. The number of nitrogens with zero attached hydrogens (tertiary/aromatic N) is 1. The first kappa shape index (κ1) is 9.30. The first-order valence-electron chi connectivity index (χ1n) is 4.39. The van der Waals surface area contributed by atoms with Crippen molar-refractivity contribution < 1.29 is 0 Å². The van der Waals surface area contributed by atoms with Gasteiger partial charge in [-0.05, 0) is 23.0 Å². The fraction of sp³-hybridized carbons (Fsp3) is 0.500. The van der Waals surface area contributed by atoms with Gasteiger partial charge in [0, 0.05) is 6.20 Å². The van der Waals surface area contributed by atoms with Crippen LogP contribution in [0.3, 0.4) is 0 Å². The lowest BCUT2D eigenvalue weighted by Crippen LogP contribution is -2.12. The predicted octanol–water partition coefficient (Wildman–Crippen LogP) is 0.929. The first-order valence-corrected chi connectivity index (χ1v) is 4.39. The van der Waals surface area contributed by atoms with Gasteiger partial charge in [0.1, 0.15) is 0 Å². The molecule has 0 spiro atoms. The van der Waals surface area contributed by atoms with E-state index in [-0.39, 0.29) is 0 Å². The molecule has 0 aromatic carbocycles. The minimum atomic E-state index is 0.358. The van der Waals surface area contributed by atoms with E-state index in [1.807, 2.05) is 14.0 Å². The molecule has 0 aliphatic rings. The third-order valence-electron chi connectivity index (χ3n) is 1.71. The van der Waals surface area contributed by atoms with Crippen LogP contribution in [0.2, 0.25) is 0 Å². The monoisotopic (exact) mass is 161 g/mol. The summed E-state index contributed by atoms with van der Waals surface area (Å²) in [5.41, 5.74) is 2.78. The van der Waals surface area contributed by atoms with Gasteiger partial charge in [-0.2, -0.15) is 0 Å². The Morgan fingerprint density at radius 1 is 1.33 bits per heavy atom. The van der Waals surface area contributed by atoms with Gasteiger partial charge in [0.2, 0.25) is 0 Å². The molecule has 0 aliphatic heterocycles. The van der Waals surface area contributed by atoms with Crippen molar-refractivity contribution in [1.82, 2.24) is 4.98 Å². The number of hydrogen-bond acceptors (Lipinski definition) is 1. The first-order chi connectivity index (χ1) is 5.47. The van der Waals surface area contributed by atoms with E-state index in [2.05, 4.69) is 37.9 Å². The lowest BCUT2D eigenvalue weighted by Gasteiger charge is -2.17. The van der Waals surface area contributed by atoms with Gasteiger partial charge in [-0.25, -0.2) is 0 Å². The lowest BCUT2D eigenvalue weighted by molar-refractivity contribution is 0.411. The number of hydrogen-bond donors (Lipinski definition) is 0. The number of rotatable bonds is 1. The normalized spacial score (nSPS) is 11.6. The summed E-state index contributed by atoms with van der Waals surface area (Å²) >= 11 is 0. The quantitative estimate of drug-likeness (QED) is 0.558. The lowest BCUT2D eigenvalue weighted by atomic mass is 9.88. The fourth-order valence-corrected chi connectivity index (χ4v) is 1.22. The molecule has 0 unspecified atom stereocenters. The van der Waals surface area contributed by atoms with Crippen LogP contribution in [0.1, 0.15) is 26.3 Å². The van der Waals surface area contributed by atoms with Crippen LogP contribution in [0, 0.1) is 5.41 Å². The van der Waals surface area contributed by atoms with Crippen molar-refractivity contribution in [3.8, 4) is 0 Å². The molecule has 1 heterocycles. The van der Waals surface area contributed by atoms with Crippen LogP contribution in [0.5, 0.6) is 0 Å². The highest BCUT2D eigenvalue weighted by atomic mass is 14.6. The molecule has 12 heavy (non-hydrogen) atoms. The van der Waals surface area contributed by atoms with Gasteiger partial charge in [-0.15, -0.1) is 0 Å². The second-order valence-corrected chi connectivity index (χ2v) is 4.55. The zero-order valence-electron chi connectivity index (χ0n) is 8.39. The minimum absolute atomic E-state index is 0.358. The van der Waals surface area contributed by atoms with Gasteiger partial charge >= 0.3 is 0 Å². The zero-order chi connectivity index (χ0) is 9.19. The van der Waals surface area contributed by atoms with E-state index in [0.717, 1.165) is 12.0 Å². The van der Waals surface area contributed by atoms with E-state index in [1.54, 1.807) is 0 Å². The molecule has 1 aromatic rings. The third-order valence-corrected chi connectivity index (χ3v) is 1.71. The molecular formula is C10H16BN. The summed E-state index contributed by atoms with van der Waals surface area (Å²) in [4.78, 5) is 4.26. The maximum Gasteiger partial charge on any atom is 0.163 e. The van der Waals surface area contributed by atoms with Crippen molar-refractivity contribution in [3.63, 3.8) is 0 Å². The van der Waals surface area contributed by atoms with E-state index in [4.69, 9.17) is 0 Å². The average molecular weight is 161 g/mol. The molecule has 0 saturated heterocycles. The Balaban J connectivity index is 2.71. The Labute approximate surface area is 75.6 Å². The van der Waals surface area contributed by atoms with Crippen molar-refractivity contribution >= 4 is 13.4 Å². The second kappa shape index (κ2) is 3.30. The van der Waals surface area contributed by atoms with Crippen molar-refractivity contribution in [1.29, 1.82) is 0 Å². The summed E-state index contributed by atoms with van der Waals surface area (Å²) < 4.78 is 0. The third kappa shape index (κ3) is 3.08. The average Bonchev–Trinajstić information content (AvgIpc) is 1.91. The highest BCUT2D eigenvalue weighted by Gasteiger charge is 2.10. The van der Waals surface area contributed by atoms with Crippen molar-refractivity contribution in [2.75, 3.05) is 0 Å². The summed E-state index contributed by atoms with van der Waals surface area (Å²) in [6.07, 6.45) is 3.07. The van der Waals surface area contributed by atoms with Gasteiger partial charge in [0.15, 0.2) is 7.85 Å². The smallest absolute Gasteiger partial charge is 0.163 e. The van der Waals surface area contributed by atoms with Crippen LogP contribution in [0.15, 0.2) is 18.3 Å². The standard InChI is InChI=1S/C10H16BN/c1-10(2,3)6-8-4-5-9(11)12-7-8/h4-5,7H,6,11H2,1-3H3. The van der Waals surface area contributed by atoms with Gasteiger partial charge in [-0.3, -0.25) is 4.98 Å². The van der Waals surface area contributed by atoms with Crippen LogP contribution in [-0.2, 0) is 6.42 Å². The molecule has 64 valence electrons. The minimum Gasteiger partial charge on any atom is -0.272 e. The van der Waals surface area contributed by atoms with Crippen LogP contribution in [0.4, 0.5) is 0 Å². The SMILES string of the molecule is Bc1ccc(CC(C)(C)C)cn1. The Kier molecular flexibility index (Phi) is 2.56. The van der Waals surface area contributed by atoms with Crippen molar-refractivity contribution in [2.24, 2.45) is 5.41 Å². The van der Waals surface area contributed by atoms with Gasteiger partial charge in [-0.1, -0.05) is 32.9 Å². The van der Waals surface area contributed by atoms with E-state index < -0.39 is 0 Å². The van der Waals surface area contributed by atoms with E-state index >= 15 is 0 Å². The van der Waals surface area contributed by atoms with Crippen molar-refractivity contribution in [2.45, 2.75) is 27.2 Å². The molecule has 2 heteroatoms. The Bertz CT molecular complexity index is 246.